The van der Waals surface area contributed by atoms with Crippen molar-refractivity contribution < 1.29 is 14.4 Å². The lowest BCUT2D eigenvalue weighted by Gasteiger charge is -2.19. The number of amides is 2. The van der Waals surface area contributed by atoms with Gasteiger partial charge in [-0.3, -0.25) is 14.4 Å². The minimum absolute atomic E-state index is 0.0558. The Bertz CT molecular complexity index is 692. The second-order valence-corrected chi connectivity index (χ2v) is 5.49. The molecule has 0 saturated heterocycles. The Morgan fingerprint density at radius 1 is 1.08 bits per heavy atom. The molecule has 24 heavy (non-hydrogen) atoms. The molecule has 1 atom stereocenters. The number of carbonyl (C=O) groups is 2. The molecule has 2 N–H and O–H groups in total. The van der Waals surface area contributed by atoms with Crippen molar-refractivity contribution >= 4 is 23.4 Å². The van der Waals surface area contributed by atoms with Crippen molar-refractivity contribution in [3.8, 4) is 0 Å². The van der Waals surface area contributed by atoms with Gasteiger partial charge >= 0.3 is 0 Å². The van der Waals surface area contributed by atoms with E-state index in [4.69, 9.17) is 16.4 Å². The fourth-order valence-corrected chi connectivity index (χ4v) is 2.42. The first-order valence-electron chi connectivity index (χ1n) is 7.62. The highest BCUT2D eigenvalue weighted by Crippen LogP contribution is 2.20. The number of carbonyl (C=O) groups excluding carboxylic acids is 2. The van der Waals surface area contributed by atoms with Gasteiger partial charge in [-0.15, -0.1) is 0 Å². The van der Waals surface area contributed by atoms with Crippen LogP contribution < -0.4 is 10.8 Å². The van der Waals surface area contributed by atoms with Crippen molar-refractivity contribution in [2.75, 3.05) is 6.61 Å². The highest BCUT2D eigenvalue weighted by Gasteiger charge is 2.20. The molecular weight excluding hydrogens is 328 g/mol. The number of benzene rings is 2. The highest BCUT2D eigenvalue weighted by molar-refractivity contribution is 6.33. The molecule has 0 aromatic heterocycles. The molecule has 0 saturated carbocycles. The summed E-state index contributed by atoms with van der Waals surface area (Å²) < 4.78 is 0. The van der Waals surface area contributed by atoms with E-state index in [1.54, 1.807) is 31.2 Å². The summed E-state index contributed by atoms with van der Waals surface area (Å²) in [6, 6.07) is 15.6. The van der Waals surface area contributed by atoms with Crippen LogP contribution in [0, 0.1) is 0 Å². The third-order valence-corrected chi connectivity index (χ3v) is 3.68. The maximum atomic E-state index is 12.5. The van der Waals surface area contributed by atoms with E-state index in [0.29, 0.717) is 17.2 Å². The first-order valence-corrected chi connectivity index (χ1v) is 8.00. The molecule has 0 radical (unpaired) electrons. The van der Waals surface area contributed by atoms with E-state index >= 15 is 0 Å². The third kappa shape index (κ3) is 5.08. The van der Waals surface area contributed by atoms with Crippen LogP contribution in [0.4, 0.5) is 0 Å². The van der Waals surface area contributed by atoms with Crippen molar-refractivity contribution in [2.24, 2.45) is 0 Å². The SMILES string of the molecule is CCONC(=O)C[C@@H](NC(=O)c1ccccc1Cl)c1ccccc1. The maximum absolute atomic E-state index is 12.5. The summed E-state index contributed by atoms with van der Waals surface area (Å²) in [6.45, 7) is 2.14. The number of nitrogens with one attached hydrogen (secondary N) is 2. The van der Waals surface area contributed by atoms with E-state index in [1.807, 2.05) is 30.3 Å². The van der Waals surface area contributed by atoms with E-state index < -0.39 is 6.04 Å². The van der Waals surface area contributed by atoms with Crippen molar-refractivity contribution in [1.29, 1.82) is 0 Å². The lowest BCUT2D eigenvalue weighted by molar-refractivity contribution is -0.133. The molecule has 0 heterocycles. The van der Waals surface area contributed by atoms with Crippen molar-refractivity contribution in [3.05, 3.63) is 70.7 Å². The third-order valence-electron chi connectivity index (χ3n) is 3.35. The number of rotatable bonds is 7. The summed E-state index contributed by atoms with van der Waals surface area (Å²) in [5, 5.41) is 3.22. The summed E-state index contributed by atoms with van der Waals surface area (Å²) in [4.78, 5) is 29.4. The van der Waals surface area contributed by atoms with Crippen molar-refractivity contribution in [2.45, 2.75) is 19.4 Å². The normalized spacial score (nSPS) is 11.6. The maximum Gasteiger partial charge on any atom is 0.253 e. The summed E-state index contributed by atoms with van der Waals surface area (Å²) in [5.41, 5.74) is 3.53. The van der Waals surface area contributed by atoms with Crippen molar-refractivity contribution in [3.63, 3.8) is 0 Å². The number of hydrogen-bond donors (Lipinski definition) is 2. The van der Waals surface area contributed by atoms with Gasteiger partial charge < -0.3 is 5.32 Å². The van der Waals surface area contributed by atoms with Crippen LogP contribution in [0.3, 0.4) is 0 Å². The molecule has 0 fully saturated rings. The average Bonchev–Trinajstić information content (AvgIpc) is 2.60. The van der Waals surface area contributed by atoms with Crippen molar-refractivity contribution in [1.82, 2.24) is 10.8 Å². The summed E-state index contributed by atoms with van der Waals surface area (Å²) >= 11 is 6.06. The van der Waals surface area contributed by atoms with Gasteiger partial charge in [-0.05, 0) is 24.6 Å². The van der Waals surface area contributed by atoms with Crippen LogP contribution in [-0.4, -0.2) is 18.4 Å². The Hall–Kier alpha value is -2.37. The van der Waals surface area contributed by atoms with E-state index in [2.05, 4.69) is 10.8 Å². The van der Waals surface area contributed by atoms with E-state index in [-0.39, 0.29) is 18.2 Å². The Labute approximate surface area is 145 Å². The fraction of sp³-hybridized carbons (Fsp3) is 0.222. The monoisotopic (exact) mass is 346 g/mol. The molecule has 0 spiro atoms. The van der Waals surface area contributed by atoms with Gasteiger partial charge in [-0.25, -0.2) is 5.48 Å². The van der Waals surface area contributed by atoms with Gasteiger partial charge in [0.25, 0.3) is 5.91 Å². The molecule has 0 aliphatic rings. The van der Waals surface area contributed by atoms with Gasteiger partial charge in [0.1, 0.15) is 0 Å². The minimum Gasteiger partial charge on any atom is -0.345 e. The van der Waals surface area contributed by atoms with Gasteiger partial charge in [0.2, 0.25) is 5.91 Å². The Morgan fingerprint density at radius 2 is 1.75 bits per heavy atom. The standard InChI is InChI=1S/C18H19ClN2O3/c1-2-24-21-17(22)12-16(13-8-4-3-5-9-13)20-18(23)14-10-6-7-11-15(14)19/h3-11,16H,2,12H2,1H3,(H,20,23)(H,21,22)/t16-/m1/s1. The van der Waals surface area contributed by atoms with Crippen LogP contribution in [0.2, 0.25) is 5.02 Å². The smallest absolute Gasteiger partial charge is 0.253 e. The number of hydroxylamine groups is 1. The molecule has 0 aliphatic carbocycles. The second-order valence-electron chi connectivity index (χ2n) is 5.08. The van der Waals surface area contributed by atoms with Crippen LogP contribution in [0.5, 0.6) is 0 Å². The summed E-state index contributed by atoms with van der Waals surface area (Å²) in [7, 11) is 0. The highest BCUT2D eigenvalue weighted by atomic mass is 35.5. The molecule has 126 valence electrons. The zero-order valence-electron chi connectivity index (χ0n) is 13.3. The molecular formula is C18H19ClN2O3. The molecule has 6 heteroatoms. The zero-order chi connectivity index (χ0) is 17.4. The largest absolute Gasteiger partial charge is 0.345 e. The second kappa shape index (κ2) is 9.05. The predicted octanol–water partition coefficient (Wildman–Crippen LogP) is 3.27. The lowest BCUT2D eigenvalue weighted by Crippen LogP contribution is -2.34. The number of halogens is 1. The molecule has 2 aromatic rings. The molecule has 5 nitrogen and oxygen atoms in total. The minimum atomic E-state index is -0.490. The van der Waals surface area contributed by atoms with E-state index in [9.17, 15) is 9.59 Å². The van der Waals surface area contributed by atoms with Crippen LogP contribution in [0.15, 0.2) is 54.6 Å². The quantitative estimate of drug-likeness (QED) is 0.756. The van der Waals surface area contributed by atoms with Gasteiger partial charge in [0.05, 0.1) is 29.7 Å². The molecule has 2 rings (SSSR count). The van der Waals surface area contributed by atoms with Gasteiger partial charge in [0.15, 0.2) is 0 Å². The molecule has 0 bridgehead atoms. The Balaban J connectivity index is 2.15. The Kier molecular flexibility index (Phi) is 6.78. The average molecular weight is 347 g/mol. The van der Waals surface area contributed by atoms with Crippen LogP contribution in [0.1, 0.15) is 35.3 Å². The molecule has 2 aromatic carbocycles. The fourth-order valence-electron chi connectivity index (χ4n) is 2.20. The van der Waals surface area contributed by atoms with Gasteiger partial charge in [-0.1, -0.05) is 54.1 Å². The number of hydrogen-bond acceptors (Lipinski definition) is 3. The van der Waals surface area contributed by atoms with E-state index in [0.717, 1.165) is 5.56 Å². The molecule has 2 amide bonds. The zero-order valence-corrected chi connectivity index (χ0v) is 14.0. The summed E-state index contributed by atoms with van der Waals surface area (Å²) in [5.74, 6) is -0.649. The Morgan fingerprint density at radius 3 is 2.42 bits per heavy atom. The topological polar surface area (TPSA) is 67.4 Å². The summed E-state index contributed by atoms with van der Waals surface area (Å²) in [6.07, 6.45) is 0.0558. The van der Waals surface area contributed by atoms with E-state index in [1.165, 1.54) is 0 Å². The molecule has 0 unspecified atom stereocenters. The van der Waals surface area contributed by atoms with Gasteiger partial charge in [0, 0.05) is 0 Å². The van der Waals surface area contributed by atoms with Crippen LogP contribution >= 0.6 is 11.6 Å². The lowest BCUT2D eigenvalue weighted by atomic mass is 10.0. The predicted molar refractivity (Wildman–Crippen MR) is 92.5 cm³/mol. The first-order chi connectivity index (χ1) is 11.6. The van der Waals surface area contributed by atoms with Crippen LogP contribution in [0.25, 0.3) is 0 Å². The first kappa shape index (κ1) is 18.0. The van der Waals surface area contributed by atoms with Crippen LogP contribution in [-0.2, 0) is 9.63 Å². The molecule has 0 aliphatic heterocycles. The van der Waals surface area contributed by atoms with Gasteiger partial charge in [-0.2, -0.15) is 0 Å².